The van der Waals surface area contributed by atoms with E-state index in [-0.39, 0.29) is 17.2 Å². The maximum atomic E-state index is 13.3. The Balaban J connectivity index is 2.37. The van der Waals surface area contributed by atoms with Gasteiger partial charge < -0.3 is 9.64 Å². The van der Waals surface area contributed by atoms with Crippen LogP contribution in [0.15, 0.2) is 36.9 Å². The molecule has 0 fully saturated rings. The van der Waals surface area contributed by atoms with Crippen LogP contribution < -0.4 is 4.74 Å². The Morgan fingerprint density at radius 1 is 1.26 bits per heavy atom. The molecule has 1 heterocycles. The van der Waals surface area contributed by atoms with Crippen molar-refractivity contribution in [3.8, 4) is 11.5 Å². The summed E-state index contributed by atoms with van der Waals surface area (Å²) in [6, 6.07) is 3.77. The van der Waals surface area contributed by atoms with Crippen molar-refractivity contribution >= 4 is 5.91 Å². The summed E-state index contributed by atoms with van der Waals surface area (Å²) in [7, 11) is 3.17. The van der Waals surface area contributed by atoms with Gasteiger partial charge in [-0.05, 0) is 18.2 Å². The monoisotopic (exact) mass is 261 g/mol. The second-order valence-electron chi connectivity index (χ2n) is 4.02. The molecule has 0 aliphatic heterocycles. The number of aromatic nitrogens is 2. The predicted molar refractivity (Wildman–Crippen MR) is 66.5 cm³/mol. The summed E-state index contributed by atoms with van der Waals surface area (Å²) in [6.45, 7) is 0. The van der Waals surface area contributed by atoms with E-state index < -0.39 is 5.82 Å². The minimum absolute atomic E-state index is 0.147. The Morgan fingerprint density at radius 3 is 2.58 bits per heavy atom. The zero-order chi connectivity index (χ0) is 13.8. The molecule has 2 aromatic rings. The average molecular weight is 261 g/mol. The van der Waals surface area contributed by atoms with E-state index in [1.54, 1.807) is 14.1 Å². The van der Waals surface area contributed by atoms with E-state index >= 15 is 0 Å². The average Bonchev–Trinajstić information content (AvgIpc) is 2.41. The second-order valence-corrected chi connectivity index (χ2v) is 4.02. The van der Waals surface area contributed by atoms with Crippen molar-refractivity contribution in [1.82, 2.24) is 14.9 Å². The summed E-state index contributed by atoms with van der Waals surface area (Å²) >= 11 is 0. The molecule has 98 valence electrons. The molecule has 0 aliphatic rings. The van der Waals surface area contributed by atoms with Gasteiger partial charge in [0.15, 0.2) is 5.75 Å². The molecule has 6 heteroatoms. The molecule has 19 heavy (non-hydrogen) atoms. The topological polar surface area (TPSA) is 55.3 Å². The summed E-state index contributed by atoms with van der Waals surface area (Å²) in [4.78, 5) is 20.9. The van der Waals surface area contributed by atoms with Gasteiger partial charge in [-0.25, -0.2) is 14.4 Å². The van der Waals surface area contributed by atoms with E-state index in [2.05, 4.69) is 9.97 Å². The maximum absolute atomic E-state index is 13.3. The van der Waals surface area contributed by atoms with Crippen LogP contribution in [0.3, 0.4) is 0 Å². The Kier molecular flexibility index (Phi) is 3.70. The zero-order valence-electron chi connectivity index (χ0n) is 10.5. The lowest BCUT2D eigenvalue weighted by Crippen LogP contribution is -2.22. The minimum atomic E-state index is -0.498. The van der Waals surface area contributed by atoms with Crippen LogP contribution in [0.4, 0.5) is 4.39 Å². The fraction of sp³-hybridized carbons (Fsp3) is 0.154. The van der Waals surface area contributed by atoms with Gasteiger partial charge in [0, 0.05) is 14.1 Å². The second kappa shape index (κ2) is 5.43. The van der Waals surface area contributed by atoms with E-state index in [1.807, 2.05) is 0 Å². The summed E-state index contributed by atoms with van der Waals surface area (Å²) in [6.07, 6.45) is 4.28. The number of halogens is 1. The third-order valence-electron chi connectivity index (χ3n) is 2.34. The number of ether oxygens (including phenoxy) is 1. The molecule has 2 rings (SSSR count). The summed E-state index contributed by atoms with van der Waals surface area (Å²) in [5.41, 5.74) is 0.147. The van der Waals surface area contributed by atoms with Crippen molar-refractivity contribution < 1.29 is 13.9 Å². The van der Waals surface area contributed by atoms with Gasteiger partial charge in [0.2, 0.25) is 0 Å². The number of nitrogens with zero attached hydrogens (tertiary/aromatic N) is 3. The van der Waals surface area contributed by atoms with Crippen LogP contribution in [-0.2, 0) is 0 Å². The fourth-order valence-corrected chi connectivity index (χ4v) is 1.46. The molecule has 0 aliphatic carbocycles. The maximum Gasteiger partial charge on any atom is 0.257 e. The molecule has 0 bridgehead atoms. The molecular formula is C13H12FN3O2. The van der Waals surface area contributed by atoms with Gasteiger partial charge in [0.25, 0.3) is 5.91 Å². The molecule has 0 atom stereocenters. The van der Waals surface area contributed by atoms with Gasteiger partial charge in [-0.15, -0.1) is 0 Å². The van der Waals surface area contributed by atoms with Crippen molar-refractivity contribution in [2.45, 2.75) is 0 Å². The first-order chi connectivity index (χ1) is 9.08. The summed E-state index contributed by atoms with van der Waals surface area (Å²) in [5.74, 6) is -0.204. The van der Waals surface area contributed by atoms with Crippen LogP contribution >= 0.6 is 0 Å². The van der Waals surface area contributed by atoms with Gasteiger partial charge in [-0.1, -0.05) is 0 Å². The van der Waals surface area contributed by atoms with Gasteiger partial charge in [0.05, 0.1) is 18.0 Å². The standard InChI is InChI=1S/C13H12FN3O2/c1-17(2)13(18)11-5-9(14)3-4-12(11)19-10-6-15-8-16-7-10/h3-8H,1-2H3. The van der Waals surface area contributed by atoms with E-state index in [4.69, 9.17) is 4.74 Å². The molecule has 1 amide bonds. The van der Waals surface area contributed by atoms with E-state index in [9.17, 15) is 9.18 Å². The van der Waals surface area contributed by atoms with Gasteiger partial charge in [-0.3, -0.25) is 4.79 Å². The van der Waals surface area contributed by atoms with Crippen LogP contribution in [0.2, 0.25) is 0 Å². The molecule has 0 radical (unpaired) electrons. The molecule has 0 spiro atoms. The highest BCUT2D eigenvalue weighted by Crippen LogP contribution is 2.25. The highest BCUT2D eigenvalue weighted by molar-refractivity contribution is 5.96. The number of amides is 1. The van der Waals surface area contributed by atoms with Gasteiger partial charge in [-0.2, -0.15) is 0 Å². The molecule has 0 unspecified atom stereocenters. The highest BCUT2D eigenvalue weighted by atomic mass is 19.1. The van der Waals surface area contributed by atoms with Crippen molar-refractivity contribution in [3.05, 3.63) is 48.3 Å². The Labute approximate surface area is 109 Å². The van der Waals surface area contributed by atoms with Crippen LogP contribution in [0.5, 0.6) is 11.5 Å². The van der Waals surface area contributed by atoms with Crippen molar-refractivity contribution in [1.29, 1.82) is 0 Å². The van der Waals surface area contributed by atoms with Gasteiger partial charge >= 0.3 is 0 Å². The normalized spacial score (nSPS) is 10.1. The quantitative estimate of drug-likeness (QED) is 0.849. The first-order valence-electron chi connectivity index (χ1n) is 5.52. The summed E-state index contributed by atoms with van der Waals surface area (Å²) in [5, 5.41) is 0. The number of benzene rings is 1. The molecule has 1 aromatic heterocycles. The highest BCUT2D eigenvalue weighted by Gasteiger charge is 2.16. The number of hydrogen-bond donors (Lipinski definition) is 0. The van der Waals surface area contributed by atoms with Crippen molar-refractivity contribution in [2.75, 3.05) is 14.1 Å². The van der Waals surface area contributed by atoms with Gasteiger partial charge in [0.1, 0.15) is 17.9 Å². The Hall–Kier alpha value is -2.50. The molecule has 0 saturated heterocycles. The fourth-order valence-electron chi connectivity index (χ4n) is 1.46. The van der Waals surface area contributed by atoms with Crippen LogP contribution in [0.25, 0.3) is 0 Å². The van der Waals surface area contributed by atoms with Crippen LogP contribution in [-0.4, -0.2) is 34.9 Å². The first kappa shape index (κ1) is 12.9. The molecular weight excluding hydrogens is 249 g/mol. The van der Waals surface area contributed by atoms with Crippen molar-refractivity contribution in [3.63, 3.8) is 0 Å². The number of carbonyl (C=O) groups excluding carboxylic acids is 1. The SMILES string of the molecule is CN(C)C(=O)c1cc(F)ccc1Oc1cncnc1. The molecule has 0 N–H and O–H groups in total. The minimum Gasteiger partial charge on any atom is -0.453 e. The van der Waals surface area contributed by atoms with Crippen LogP contribution in [0, 0.1) is 5.82 Å². The largest absolute Gasteiger partial charge is 0.453 e. The number of carbonyl (C=O) groups is 1. The smallest absolute Gasteiger partial charge is 0.257 e. The third-order valence-corrected chi connectivity index (χ3v) is 2.34. The molecule has 5 nitrogen and oxygen atoms in total. The number of rotatable bonds is 3. The Bertz CT molecular complexity index is 588. The van der Waals surface area contributed by atoms with E-state index in [0.717, 1.165) is 6.07 Å². The summed E-state index contributed by atoms with van der Waals surface area (Å²) < 4.78 is 18.8. The lowest BCUT2D eigenvalue weighted by molar-refractivity contribution is 0.0824. The lowest BCUT2D eigenvalue weighted by atomic mass is 10.1. The molecule has 1 aromatic carbocycles. The predicted octanol–water partition coefficient (Wildman–Crippen LogP) is 2.11. The first-order valence-corrected chi connectivity index (χ1v) is 5.52. The number of hydrogen-bond acceptors (Lipinski definition) is 4. The zero-order valence-corrected chi connectivity index (χ0v) is 10.5. The van der Waals surface area contributed by atoms with Crippen LogP contribution in [0.1, 0.15) is 10.4 Å². The van der Waals surface area contributed by atoms with Crippen molar-refractivity contribution in [2.24, 2.45) is 0 Å². The lowest BCUT2D eigenvalue weighted by Gasteiger charge is -2.14. The molecule has 0 saturated carbocycles. The van der Waals surface area contributed by atoms with E-state index in [1.165, 1.54) is 35.8 Å². The van der Waals surface area contributed by atoms with E-state index in [0.29, 0.717) is 5.75 Å². The third kappa shape index (κ3) is 3.04. The Morgan fingerprint density at radius 2 is 1.95 bits per heavy atom.